The number of sulfone groups is 1. The van der Waals surface area contributed by atoms with E-state index < -0.39 is 9.84 Å². The molecular weight excluding hydrogens is 386 g/mol. The molecule has 0 fully saturated rings. The smallest absolute Gasteiger partial charge is 0.224 e. The molecule has 4 nitrogen and oxygen atoms in total. The number of halogens is 1. The molecule has 22 heavy (non-hydrogen) atoms. The maximum absolute atomic E-state index is 11.9. The summed E-state index contributed by atoms with van der Waals surface area (Å²) in [4.78, 5) is 13.3. The van der Waals surface area contributed by atoms with Crippen LogP contribution in [0.1, 0.15) is 17.7 Å². The molecule has 1 aromatic heterocycles. The van der Waals surface area contributed by atoms with E-state index in [0.717, 1.165) is 22.9 Å². The van der Waals surface area contributed by atoms with E-state index in [1.54, 1.807) is 23.5 Å². The number of anilines is 1. The molecule has 1 aromatic carbocycles. The third-order valence-corrected chi connectivity index (χ3v) is 5.83. The molecule has 0 aliphatic heterocycles. The van der Waals surface area contributed by atoms with Crippen molar-refractivity contribution in [1.29, 1.82) is 0 Å². The molecule has 0 saturated heterocycles. The molecule has 2 rings (SSSR count). The lowest BCUT2D eigenvalue weighted by Crippen LogP contribution is -2.11. The summed E-state index contributed by atoms with van der Waals surface area (Å²) in [5, 5.41) is 2.77. The van der Waals surface area contributed by atoms with Crippen molar-refractivity contribution in [3.8, 4) is 0 Å². The molecule has 1 heterocycles. The average molecular weight is 402 g/mol. The van der Waals surface area contributed by atoms with Crippen LogP contribution in [0.25, 0.3) is 0 Å². The van der Waals surface area contributed by atoms with Gasteiger partial charge in [-0.3, -0.25) is 4.79 Å². The normalized spacial score (nSPS) is 11.4. The molecule has 0 aliphatic carbocycles. The largest absolute Gasteiger partial charge is 0.326 e. The zero-order chi connectivity index (χ0) is 16.2. The van der Waals surface area contributed by atoms with Crippen LogP contribution in [0.5, 0.6) is 0 Å². The van der Waals surface area contributed by atoms with Crippen LogP contribution < -0.4 is 5.32 Å². The Morgan fingerprint density at radius 1 is 1.18 bits per heavy atom. The summed E-state index contributed by atoms with van der Waals surface area (Å²) >= 11 is 5.09. The summed E-state index contributed by atoms with van der Waals surface area (Å²) in [6.07, 6.45) is 3.24. The molecule has 0 spiro atoms. The highest BCUT2D eigenvalue weighted by Gasteiger charge is 2.08. The van der Waals surface area contributed by atoms with Crippen molar-refractivity contribution in [1.82, 2.24) is 0 Å². The highest BCUT2D eigenvalue weighted by molar-refractivity contribution is 9.11. The molecule has 0 saturated carbocycles. The van der Waals surface area contributed by atoms with Gasteiger partial charge in [0.25, 0.3) is 0 Å². The van der Waals surface area contributed by atoms with E-state index in [0.29, 0.717) is 12.1 Å². The molecule has 7 heteroatoms. The SMILES string of the molecule is CS(=O)(=O)c1ccc(NC(=O)CCCc2ccc(Br)s2)cc1. The van der Waals surface area contributed by atoms with Gasteiger partial charge in [0.05, 0.1) is 8.68 Å². The molecule has 1 amide bonds. The average Bonchev–Trinajstić information content (AvgIpc) is 2.84. The first-order valence-corrected chi connectivity index (χ1v) is 10.2. The number of carbonyl (C=O) groups excluding carboxylic acids is 1. The van der Waals surface area contributed by atoms with Gasteiger partial charge < -0.3 is 5.32 Å². The third-order valence-electron chi connectivity index (χ3n) is 3.02. The summed E-state index contributed by atoms with van der Waals surface area (Å²) in [5.74, 6) is -0.0669. The Bertz CT molecular complexity index is 751. The van der Waals surface area contributed by atoms with E-state index >= 15 is 0 Å². The predicted octanol–water partition coefficient (Wildman–Crippen LogP) is 3.88. The van der Waals surface area contributed by atoms with Crippen LogP contribution in [0.4, 0.5) is 5.69 Å². The maximum atomic E-state index is 11.9. The van der Waals surface area contributed by atoms with E-state index in [9.17, 15) is 13.2 Å². The first kappa shape index (κ1) is 17.2. The minimum atomic E-state index is -3.21. The Hall–Kier alpha value is -1.18. The molecule has 0 bridgehead atoms. The highest BCUT2D eigenvalue weighted by Crippen LogP contribution is 2.23. The van der Waals surface area contributed by atoms with Crippen LogP contribution in [0.2, 0.25) is 0 Å². The standard InChI is InChI=1S/C15H16BrNO3S2/c1-22(19,20)13-8-5-11(6-9-13)17-15(18)4-2-3-12-7-10-14(16)21-12/h5-10H,2-4H2,1H3,(H,17,18). The number of thiophene rings is 1. The zero-order valence-corrected chi connectivity index (χ0v) is 15.2. The summed E-state index contributed by atoms with van der Waals surface area (Å²) in [7, 11) is -3.21. The molecule has 2 aromatic rings. The number of aryl methyl sites for hydroxylation is 1. The first-order chi connectivity index (χ1) is 10.3. The van der Waals surface area contributed by atoms with Crippen molar-refractivity contribution in [3.63, 3.8) is 0 Å². The first-order valence-electron chi connectivity index (χ1n) is 6.69. The minimum Gasteiger partial charge on any atom is -0.326 e. The van der Waals surface area contributed by atoms with Crippen LogP contribution in [0.15, 0.2) is 45.1 Å². The second-order valence-corrected chi connectivity index (χ2v) is 9.47. The minimum absolute atomic E-state index is 0.0669. The van der Waals surface area contributed by atoms with Crippen molar-refractivity contribution < 1.29 is 13.2 Å². The van der Waals surface area contributed by atoms with Crippen LogP contribution in [-0.4, -0.2) is 20.6 Å². The van der Waals surface area contributed by atoms with E-state index in [2.05, 4.69) is 27.3 Å². The second kappa shape index (κ2) is 7.39. The van der Waals surface area contributed by atoms with Crippen molar-refractivity contribution in [2.45, 2.75) is 24.2 Å². The fraction of sp³-hybridized carbons (Fsp3) is 0.267. The van der Waals surface area contributed by atoms with Gasteiger partial charge in [-0.25, -0.2) is 8.42 Å². The van der Waals surface area contributed by atoms with Gasteiger partial charge in [0.2, 0.25) is 5.91 Å². The Morgan fingerprint density at radius 3 is 2.41 bits per heavy atom. The van der Waals surface area contributed by atoms with Gasteiger partial charge in [0.15, 0.2) is 9.84 Å². The van der Waals surface area contributed by atoms with Gasteiger partial charge in [-0.05, 0) is 65.2 Å². The van der Waals surface area contributed by atoms with E-state index in [1.165, 1.54) is 17.0 Å². The Balaban J connectivity index is 1.81. The summed E-state index contributed by atoms with van der Waals surface area (Å²) in [5.41, 5.74) is 0.608. The van der Waals surface area contributed by atoms with E-state index in [1.807, 2.05) is 6.07 Å². The van der Waals surface area contributed by atoms with Crippen molar-refractivity contribution >= 4 is 48.7 Å². The quantitative estimate of drug-likeness (QED) is 0.798. The number of hydrogen-bond donors (Lipinski definition) is 1. The lowest BCUT2D eigenvalue weighted by molar-refractivity contribution is -0.116. The lowest BCUT2D eigenvalue weighted by atomic mass is 10.2. The number of hydrogen-bond acceptors (Lipinski definition) is 4. The topological polar surface area (TPSA) is 63.2 Å². The van der Waals surface area contributed by atoms with Crippen molar-refractivity contribution in [3.05, 3.63) is 45.1 Å². The van der Waals surface area contributed by atoms with Crippen LogP contribution in [0.3, 0.4) is 0 Å². The molecule has 0 radical (unpaired) electrons. The summed E-state index contributed by atoms with van der Waals surface area (Å²) in [6.45, 7) is 0. The fourth-order valence-electron chi connectivity index (χ4n) is 1.92. The predicted molar refractivity (Wildman–Crippen MR) is 93.1 cm³/mol. The van der Waals surface area contributed by atoms with Gasteiger partial charge in [-0.1, -0.05) is 0 Å². The molecular formula is C15H16BrNO3S2. The van der Waals surface area contributed by atoms with Crippen LogP contribution in [0, 0.1) is 0 Å². The Morgan fingerprint density at radius 2 is 1.86 bits per heavy atom. The van der Waals surface area contributed by atoms with Gasteiger partial charge in [0.1, 0.15) is 0 Å². The van der Waals surface area contributed by atoms with Crippen LogP contribution >= 0.6 is 27.3 Å². The molecule has 118 valence electrons. The molecule has 0 aliphatic rings. The van der Waals surface area contributed by atoms with E-state index in [-0.39, 0.29) is 10.8 Å². The van der Waals surface area contributed by atoms with E-state index in [4.69, 9.17) is 0 Å². The molecule has 0 atom stereocenters. The van der Waals surface area contributed by atoms with Crippen LogP contribution in [-0.2, 0) is 21.1 Å². The van der Waals surface area contributed by atoms with Gasteiger partial charge in [-0.15, -0.1) is 11.3 Å². The lowest BCUT2D eigenvalue weighted by Gasteiger charge is -2.06. The maximum Gasteiger partial charge on any atom is 0.224 e. The van der Waals surface area contributed by atoms with Crippen molar-refractivity contribution in [2.75, 3.05) is 11.6 Å². The molecule has 1 N–H and O–H groups in total. The van der Waals surface area contributed by atoms with Crippen molar-refractivity contribution in [2.24, 2.45) is 0 Å². The number of benzene rings is 1. The van der Waals surface area contributed by atoms with Gasteiger partial charge in [0, 0.05) is 23.2 Å². The Kier molecular flexibility index (Phi) is 5.77. The fourth-order valence-corrected chi connectivity index (χ4v) is 4.07. The Labute approximate surface area is 142 Å². The summed E-state index contributed by atoms with van der Waals surface area (Å²) in [6, 6.07) is 10.2. The monoisotopic (exact) mass is 401 g/mol. The third kappa shape index (κ3) is 5.23. The number of amides is 1. The molecule has 0 unspecified atom stereocenters. The highest BCUT2D eigenvalue weighted by atomic mass is 79.9. The summed E-state index contributed by atoms with van der Waals surface area (Å²) < 4.78 is 23.8. The number of carbonyl (C=O) groups is 1. The number of rotatable bonds is 6. The van der Waals surface area contributed by atoms with Gasteiger partial charge in [-0.2, -0.15) is 0 Å². The zero-order valence-electron chi connectivity index (χ0n) is 12.0. The number of nitrogens with one attached hydrogen (secondary N) is 1. The van der Waals surface area contributed by atoms with Gasteiger partial charge >= 0.3 is 0 Å². The second-order valence-electron chi connectivity index (χ2n) is 4.90.